The van der Waals surface area contributed by atoms with Crippen LogP contribution in [-0.2, 0) is 13.1 Å². The maximum atomic E-state index is 5.60. The zero-order chi connectivity index (χ0) is 11.1. The van der Waals surface area contributed by atoms with Crippen LogP contribution >= 0.6 is 11.8 Å². The summed E-state index contributed by atoms with van der Waals surface area (Å²) in [6.07, 6.45) is 5.22. The maximum absolute atomic E-state index is 5.60. The summed E-state index contributed by atoms with van der Waals surface area (Å²) in [7, 11) is 0. The number of thioether (sulfide) groups is 1. The average molecular weight is 226 g/mol. The van der Waals surface area contributed by atoms with E-state index >= 15 is 0 Å². The molecule has 4 nitrogen and oxygen atoms in total. The van der Waals surface area contributed by atoms with Gasteiger partial charge in [-0.3, -0.25) is 0 Å². The summed E-state index contributed by atoms with van der Waals surface area (Å²) in [4.78, 5) is 0. The molecular weight excluding hydrogens is 208 g/mol. The second kappa shape index (κ2) is 6.63. The first-order valence-corrected chi connectivity index (χ1v) is 6.18. The first-order chi connectivity index (χ1) is 7.33. The van der Waals surface area contributed by atoms with Crippen molar-refractivity contribution in [3.8, 4) is 0 Å². The SMILES string of the molecule is CC=CCSc1nnc(CN)n1CCC. The van der Waals surface area contributed by atoms with E-state index in [0.29, 0.717) is 6.54 Å². The Labute approximate surface area is 95.0 Å². The predicted octanol–water partition coefficient (Wildman–Crippen LogP) is 1.82. The molecule has 2 N–H and O–H groups in total. The van der Waals surface area contributed by atoms with Crippen LogP contribution in [0.5, 0.6) is 0 Å². The fourth-order valence-electron chi connectivity index (χ4n) is 1.24. The van der Waals surface area contributed by atoms with Crippen molar-refractivity contribution >= 4 is 11.8 Å². The molecule has 1 aromatic heterocycles. The predicted molar refractivity (Wildman–Crippen MR) is 63.7 cm³/mol. The van der Waals surface area contributed by atoms with Crippen LogP contribution < -0.4 is 5.73 Å². The molecule has 0 aliphatic heterocycles. The molecular formula is C10H18N4S. The molecule has 1 rings (SSSR count). The number of hydrogen-bond acceptors (Lipinski definition) is 4. The molecule has 0 saturated carbocycles. The van der Waals surface area contributed by atoms with E-state index in [9.17, 15) is 0 Å². The van der Waals surface area contributed by atoms with Gasteiger partial charge in [-0.2, -0.15) is 0 Å². The lowest BCUT2D eigenvalue weighted by Crippen LogP contribution is -2.09. The third-order valence-corrected chi connectivity index (χ3v) is 2.89. The van der Waals surface area contributed by atoms with E-state index in [4.69, 9.17) is 5.73 Å². The molecule has 0 fully saturated rings. The molecule has 0 aliphatic rings. The lowest BCUT2D eigenvalue weighted by molar-refractivity contribution is 0.592. The van der Waals surface area contributed by atoms with Gasteiger partial charge in [0.05, 0.1) is 6.54 Å². The standard InChI is InChI=1S/C10H18N4S/c1-3-5-7-15-10-13-12-9(8-11)14(10)6-4-2/h3,5H,4,6-8,11H2,1-2H3. The summed E-state index contributed by atoms with van der Waals surface area (Å²) in [5.41, 5.74) is 5.60. The van der Waals surface area contributed by atoms with Gasteiger partial charge in [-0.1, -0.05) is 30.8 Å². The zero-order valence-corrected chi connectivity index (χ0v) is 10.1. The molecule has 0 bridgehead atoms. The van der Waals surface area contributed by atoms with E-state index in [2.05, 4.69) is 27.8 Å². The molecule has 15 heavy (non-hydrogen) atoms. The van der Waals surface area contributed by atoms with Crippen molar-refractivity contribution in [2.45, 2.75) is 38.5 Å². The summed E-state index contributed by atoms with van der Waals surface area (Å²) in [5.74, 6) is 1.81. The van der Waals surface area contributed by atoms with Gasteiger partial charge >= 0.3 is 0 Å². The van der Waals surface area contributed by atoms with Crippen molar-refractivity contribution in [2.75, 3.05) is 5.75 Å². The summed E-state index contributed by atoms with van der Waals surface area (Å²) in [6, 6.07) is 0. The van der Waals surface area contributed by atoms with Crippen LogP contribution in [0.4, 0.5) is 0 Å². The Morgan fingerprint density at radius 1 is 1.47 bits per heavy atom. The fourth-order valence-corrected chi connectivity index (χ4v) is 2.13. The van der Waals surface area contributed by atoms with Crippen molar-refractivity contribution < 1.29 is 0 Å². The number of nitrogens with two attached hydrogens (primary N) is 1. The van der Waals surface area contributed by atoms with Crippen molar-refractivity contribution in [3.05, 3.63) is 18.0 Å². The van der Waals surface area contributed by atoms with Gasteiger partial charge in [-0.25, -0.2) is 0 Å². The molecule has 0 saturated heterocycles. The van der Waals surface area contributed by atoms with Gasteiger partial charge < -0.3 is 10.3 Å². The normalized spacial score (nSPS) is 11.4. The lowest BCUT2D eigenvalue weighted by atomic mass is 10.4. The highest BCUT2D eigenvalue weighted by atomic mass is 32.2. The van der Waals surface area contributed by atoms with E-state index in [1.165, 1.54) is 0 Å². The molecule has 5 heteroatoms. The number of aromatic nitrogens is 3. The van der Waals surface area contributed by atoms with E-state index in [1.54, 1.807) is 11.8 Å². The number of rotatable bonds is 6. The molecule has 84 valence electrons. The average Bonchev–Trinajstić information content (AvgIpc) is 2.62. The van der Waals surface area contributed by atoms with E-state index in [-0.39, 0.29) is 0 Å². The Hall–Kier alpha value is -0.810. The van der Waals surface area contributed by atoms with Crippen molar-refractivity contribution in [2.24, 2.45) is 5.73 Å². The highest BCUT2D eigenvalue weighted by Gasteiger charge is 2.09. The van der Waals surface area contributed by atoms with Crippen LogP contribution in [0.2, 0.25) is 0 Å². The highest BCUT2D eigenvalue weighted by Crippen LogP contribution is 2.17. The second-order valence-corrected chi connectivity index (χ2v) is 4.12. The van der Waals surface area contributed by atoms with Crippen LogP contribution in [0.3, 0.4) is 0 Å². The van der Waals surface area contributed by atoms with E-state index in [1.807, 2.05) is 13.0 Å². The minimum Gasteiger partial charge on any atom is -0.324 e. The molecule has 0 spiro atoms. The van der Waals surface area contributed by atoms with E-state index in [0.717, 1.165) is 29.7 Å². The highest BCUT2D eigenvalue weighted by molar-refractivity contribution is 7.99. The van der Waals surface area contributed by atoms with Gasteiger partial charge in [0.2, 0.25) is 0 Å². The minimum absolute atomic E-state index is 0.456. The molecule has 0 radical (unpaired) electrons. The Balaban J connectivity index is 2.72. The monoisotopic (exact) mass is 226 g/mol. The molecule has 0 aromatic carbocycles. The maximum Gasteiger partial charge on any atom is 0.191 e. The molecule has 0 unspecified atom stereocenters. The molecule has 0 amide bonds. The molecule has 0 atom stereocenters. The summed E-state index contributed by atoms with van der Waals surface area (Å²) < 4.78 is 2.11. The third kappa shape index (κ3) is 3.35. The molecule has 1 aromatic rings. The third-order valence-electron chi connectivity index (χ3n) is 1.97. The van der Waals surface area contributed by atoms with Gasteiger partial charge in [0, 0.05) is 12.3 Å². The van der Waals surface area contributed by atoms with Gasteiger partial charge in [0.1, 0.15) is 5.82 Å². The smallest absolute Gasteiger partial charge is 0.191 e. The Morgan fingerprint density at radius 3 is 2.87 bits per heavy atom. The first kappa shape index (κ1) is 12.3. The summed E-state index contributed by atoms with van der Waals surface area (Å²) in [6.45, 7) is 5.55. The first-order valence-electron chi connectivity index (χ1n) is 5.19. The van der Waals surface area contributed by atoms with Gasteiger partial charge in [-0.15, -0.1) is 10.2 Å². The minimum atomic E-state index is 0.456. The largest absolute Gasteiger partial charge is 0.324 e. The second-order valence-electron chi connectivity index (χ2n) is 3.13. The van der Waals surface area contributed by atoms with E-state index < -0.39 is 0 Å². The topological polar surface area (TPSA) is 56.7 Å². The number of allylic oxidation sites excluding steroid dienone is 1. The lowest BCUT2D eigenvalue weighted by Gasteiger charge is -2.06. The van der Waals surface area contributed by atoms with Gasteiger partial charge in [-0.05, 0) is 13.3 Å². The van der Waals surface area contributed by atoms with Crippen LogP contribution in [-0.4, -0.2) is 20.5 Å². The van der Waals surface area contributed by atoms with Gasteiger partial charge in [0.15, 0.2) is 5.16 Å². The Bertz CT molecular complexity index is 319. The van der Waals surface area contributed by atoms with Crippen molar-refractivity contribution in [3.63, 3.8) is 0 Å². The van der Waals surface area contributed by atoms with Crippen molar-refractivity contribution in [1.29, 1.82) is 0 Å². The molecule has 1 heterocycles. The van der Waals surface area contributed by atoms with Gasteiger partial charge in [0.25, 0.3) is 0 Å². The molecule has 0 aliphatic carbocycles. The van der Waals surface area contributed by atoms with Crippen LogP contribution in [0.15, 0.2) is 17.3 Å². The Morgan fingerprint density at radius 2 is 2.27 bits per heavy atom. The quantitative estimate of drug-likeness (QED) is 0.594. The fraction of sp³-hybridized carbons (Fsp3) is 0.600. The number of nitrogens with zero attached hydrogens (tertiary/aromatic N) is 3. The van der Waals surface area contributed by atoms with Crippen LogP contribution in [0.1, 0.15) is 26.1 Å². The number of hydrogen-bond donors (Lipinski definition) is 1. The van der Waals surface area contributed by atoms with Crippen molar-refractivity contribution in [1.82, 2.24) is 14.8 Å². The van der Waals surface area contributed by atoms with Crippen LogP contribution in [0, 0.1) is 0 Å². The summed E-state index contributed by atoms with van der Waals surface area (Å²) >= 11 is 1.69. The Kier molecular flexibility index (Phi) is 5.42. The summed E-state index contributed by atoms with van der Waals surface area (Å²) in [5, 5.41) is 9.18. The zero-order valence-electron chi connectivity index (χ0n) is 9.31. The van der Waals surface area contributed by atoms with Crippen LogP contribution in [0.25, 0.3) is 0 Å².